The summed E-state index contributed by atoms with van der Waals surface area (Å²) in [6.45, 7) is 9.85. The van der Waals surface area contributed by atoms with Gasteiger partial charge in [-0.25, -0.2) is 0 Å². The Morgan fingerprint density at radius 2 is 1.93 bits per heavy atom. The molecular formula is C22H25N3O3. The molecule has 0 saturated carbocycles. The summed E-state index contributed by atoms with van der Waals surface area (Å²) in [7, 11) is 0. The maximum atomic E-state index is 13.0. The summed E-state index contributed by atoms with van der Waals surface area (Å²) in [5, 5.41) is 3.99. The molecule has 0 bridgehead atoms. The van der Waals surface area contributed by atoms with Crippen LogP contribution < -0.4 is 4.74 Å². The molecule has 1 aliphatic heterocycles. The molecule has 0 spiro atoms. The zero-order valence-electron chi connectivity index (χ0n) is 16.7. The summed E-state index contributed by atoms with van der Waals surface area (Å²) in [5.74, 6) is 1.27. The van der Waals surface area contributed by atoms with E-state index in [0.29, 0.717) is 18.0 Å². The van der Waals surface area contributed by atoms with Crippen LogP contribution in [0.4, 0.5) is 0 Å². The van der Waals surface area contributed by atoms with Crippen molar-refractivity contribution in [3.05, 3.63) is 70.4 Å². The molecule has 2 aromatic heterocycles. The van der Waals surface area contributed by atoms with Gasteiger partial charge in [-0.2, -0.15) is 0 Å². The molecule has 1 atom stereocenters. The number of fused-ring (bicyclic) bond motifs is 1. The third-order valence-electron chi connectivity index (χ3n) is 5.50. The fraction of sp³-hybridized carbons (Fsp3) is 0.364. The van der Waals surface area contributed by atoms with Gasteiger partial charge in [0.15, 0.2) is 11.5 Å². The summed E-state index contributed by atoms with van der Waals surface area (Å²) in [4.78, 5) is 14.8. The number of carbonyl (C=O) groups is 1. The maximum absolute atomic E-state index is 13.0. The molecule has 1 unspecified atom stereocenters. The van der Waals surface area contributed by atoms with Gasteiger partial charge in [-0.1, -0.05) is 23.4 Å². The van der Waals surface area contributed by atoms with Gasteiger partial charge in [-0.05, 0) is 51.0 Å². The Hall–Kier alpha value is -3.02. The lowest BCUT2D eigenvalue weighted by Gasteiger charge is -2.34. The van der Waals surface area contributed by atoms with Crippen LogP contribution >= 0.6 is 0 Å². The molecule has 3 aromatic rings. The summed E-state index contributed by atoms with van der Waals surface area (Å²) in [5.41, 5.74) is 4.83. The number of hydrogen-bond donors (Lipinski definition) is 0. The van der Waals surface area contributed by atoms with E-state index in [1.165, 1.54) is 5.69 Å². The molecule has 0 radical (unpaired) electrons. The van der Waals surface area contributed by atoms with Gasteiger partial charge in [0.05, 0.1) is 6.04 Å². The largest absolute Gasteiger partial charge is 0.485 e. The van der Waals surface area contributed by atoms with Crippen LogP contribution in [0.5, 0.6) is 5.75 Å². The molecule has 0 saturated heterocycles. The fourth-order valence-electron chi connectivity index (χ4n) is 3.90. The smallest absolute Gasteiger partial charge is 0.276 e. The van der Waals surface area contributed by atoms with Crippen molar-refractivity contribution in [2.75, 3.05) is 6.54 Å². The van der Waals surface area contributed by atoms with Crippen LogP contribution in [0.3, 0.4) is 0 Å². The summed E-state index contributed by atoms with van der Waals surface area (Å²) in [6.07, 6.45) is 0. The minimum Gasteiger partial charge on any atom is -0.485 e. The Bertz CT molecular complexity index is 998. The summed E-state index contributed by atoms with van der Waals surface area (Å²) in [6, 6.07) is 11.9. The van der Waals surface area contributed by atoms with Gasteiger partial charge in [0.25, 0.3) is 5.91 Å². The van der Waals surface area contributed by atoms with E-state index in [4.69, 9.17) is 9.26 Å². The van der Waals surface area contributed by atoms with Crippen LogP contribution in [0.1, 0.15) is 51.7 Å². The third-order valence-corrected chi connectivity index (χ3v) is 5.50. The van der Waals surface area contributed by atoms with Crippen LogP contribution in [0.25, 0.3) is 0 Å². The molecule has 0 aliphatic carbocycles. The molecule has 1 aromatic carbocycles. The fourth-order valence-corrected chi connectivity index (χ4v) is 3.90. The van der Waals surface area contributed by atoms with Crippen LogP contribution in [-0.2, 0) is 13.2 Å². The zero-order valence-corrected chi connectivity index (χ0v) is 16.7. The highest BCUT2D eigenvalue weighted by Crippen LogP contribution is 2.29. The van der Waals surface area contributed by atoms with Gasteiger partial charge in [0.1, 0.15) is 12.4 Å². The second-order valence-electron chi connectivity index (χ2n) is 7.41. The van der Waals surface area contributed by atoms with Crippen LogP contribution in [-0.4, -0.2) is 27.1 Å². The first kappa shape index (κ1) is 18.3. The van der Waals surface area contributed by atoms with Crippen molar-refractivity contribution < 1.29 is 14.1 Å². The molecule has 0 N–H and O–H groups in total. The number of ether oxygens (including phenoxy) is 1. The molecule has 3 heterocycles. The highest BCUT2D eigenvalue weighted by Gasteiger charge is 2.30. The first-order valence-electron chi connectivity index (χ1n) is 9.57. The van der Waals surface area contributed by atoms with Gasteiger partial charge < -0.3 is 18.7 Å². The van der Waals surface area contributed by atoms with E-state index < -0.39 is 0 Å². The number of amides is 1. The number of aryl methyl sites for hydroxylation is 3. The lowest BCUT2D eigenvalue weighted by Crippen LogP contribution is -2.41. The molecule has 6 heteroatoms. The molecule has 0 fully saturated rings. The molecule has 1 aliphatic rings. The van der Waals surface area contributed by atoms with E-state index >= 15 is 0 Å². The number of benzene rings is 1. The average Bonchev–Trinajstić information content (AvgIpc) is 3.29. The van der Waals surface area contributed by atoms with E-state index in [1.54, 1.807) is 6.07 Å². The van der Waals surface area contributed by atoms with Crippen molar-refractivity contribution in [2.24, 2.45) is 0 Å². The van der Waals surface area contributed by atoms with Crippen LogP contribution in [0.2, 0.25) is 0 Å². The van der Waals surface area contributed by atoms with Crippen molar-refractivity contribution in [2.45, 2.75) is 46.9 Å². The van der Waals surface area contributed by atoms with E-state index in [2.05, 4.69) is 28.8 Å². The molecular weight excluding hydrogens is 354 g/mol. The highest BCUT2D eigenvalue weighted by molar-refractivity contribution is 5.92. The monoisotopic (exact) mass is 379 g/mol. The maximum Gasteiger partial charge on any atom is 0.276 e. The Labute approximate surface area is 164 Å². The lowest BCUT2D eigenvalue weighted by molar-refractivity contribution is 0.0632. The molecule has 6 nitrogen and oxygen atoms in total. The van der Waals surface area contributed by atoms with Crippen molar-refractivity contribution >= 4 is 5.91 Å². The number of carbonyl (C=O) groups excluding carboxylic acids is 1. The predicted molar refractivity (Wildman–Crippen MR) is 105 cm³/mol. The molecule has 146 valence electrons. The molecule has 1 amide bonds. The second kappa shape index (κ2) is 7.19. The van der Waals surface area contributed by atoms with Gasteiger partial charge >= 0.3 is 0 Å². The number of aromatic nitrogens is 2. The SMILES string of the molecule is Cc1cccc(C)c1OCc1cc(C(=O)N2CCn3c(C)ccc3C2C)no1. The van der Waals surface area contributed by atoms with E-state index in [-0.39, 0.29) is 18.6 Å². The van der Waals surface area contributed by atoms with Crippen LogP contribution in [0.15, 0.2) is 40.9 Å². The predicted octanol–water partition coefficient (Wildman–Crippen LogP) is 4.20. The minimum absolute atomic E-state index is 0.000896. The minimum atomic E-state index is -0.111. The average molecular weight is 379 g/mol. The Morgan fingerprint density at radius 3 is 2.68 bits per heavy atom. The van der Waals surface area contributed by atoms with Gasteiger partial charge in [0, 0.05) is 30.5 Å². The van der Waals surface area contributed by atoms with E-state index in [9.17, 15) is 4.79 Å². The lowest BCUT2D eigenvalue weighted by atomic mass is 10.1. The van der Waals surface area contributed by atoms with Gasteiger partial charge in [-0.15, -0.1) is 0 Å². The number of hydrogen-bond acceptors (Lipinski definition) is 4. The van der Waals surface area contributed by atoms with E-state index in [0.717, 1.165) is 29.1 Å². The first-order valence-corrected chi connectivity index (χ1v) is 9.57. The van der Waals surface area contributed by atoms with Crippen molar-refractivity contribution in [3.8, 4) is 5.75 Å². The number of nitrogens with zero attached hydrogens (tertiary/aromatic N) is 3. The first-order chi connectivity index (χ1) is 13.5. The quantitative estimate of drug-likeness (QED) is 0.682. The molecule has 4 rings (SSSR count). The Kier molecular flexibility index (Phi) is 4.71. The Balaban J connectivity index is 1.46. The van der Waals surface area contributed by atoms with Gasteiger partial charge in [-0.3, -0.25) is 4.79 Å². The zero-order chi connectivity index (χ0) is 19.8. The topological polar surface area (TPSA) is 60.5 Å². The van der Waals surface area contributed by atoms with E-state index in [1.807, 2.05) is 43.9 Å². The van der Waals surface area contributed by atoms with Crippen molar-refractivity contribution in [1.82, 2.24) is 14.6 Å². The van der Waals surface area contributed by atoms with Crippen molar-refractivity contribution in [1.29, 1.82) is 0 Å². The Morgan fingerprint density at radius 1 is 1.18 bits per heavy atom. The molecule has 28 heavy (non-hydrogen) atoms. The third kappa shape index (κ3) is 3.19. The number of rotatable bonds is 4. The standard InChI is InChI=1S/C22H25N3O3/c1-14-6-5-7-15(2)21(14)27-13-18-12-19(23-28-18)22(26)25-11-10-24-16(3)8-9-20(24)17(25)4/h5-9,12,17H,10-11,13H2,1-4H3. The second-order valence-corrected chi connectivity index (χ2v) is 7.41. The van der Waals surface area contributed by atoms with Crippen molar-refractivity contribution in [3.63, 3.8) is 0 Å². The summed E-state index contributed by atoms with van der Waals surface area (Å²) < 4.78 is 13.5. The van der Waals surface area contributed by atoms with Gasteiger partial charge in [0.2, 0.25) is 0 Å². The normalized spacial score (nSPS) is 16.1. The highest BCUT2D eigenvalue weighted by atomic mass is 16.5. The number of para-hydroxylation sites is 1. The summed E-state index contributed by atoms with van der Waals surface area (Å²) >= 11 is 0. The van der Waals surface area contributed by atoms with Crippen LogP contribution in [0, 0.1) is 20.8 Å².